The van der Waals surface area contributed by atoms with Crippen molar-refractivity contribution in [3.63, 3.8) is 0 Å². The number of hydrogen-bond donors (Lipinski definition) is 0. The van der Waals surface area contributed by atoms with Crippen LogP contribution in [0.2, 0.25) is 0 Å². The van der Waals surface area contributed by atoms with E-state index >= 15 is 0 Å². The first-order valence-electron chi connectivity index (χ1n) is 5.60. The highest BCUT2D eigenvalue weighted by Crippen LogP contribution is 2.30. The quantitative estimate of drug-likeness (QED) is 0.741. The van der Waals surface area contributed by atoms with E-state index in [2.05, 4.69) is 15.1 Å². The fraction of sp³-hybridized carbons (Fsp3) is 0.800. The zero-order valence-corrected chi connectivity index (χ0v) is 9.85. The normalized spacial score (nSPS) is 30.8. The molecule has 2 fully saturated rings. The van der Waals surface area contributed by atoms with Crippen LogP contribution in [0.3, 0.4) is 0 Å². The van der Waals surface area contributed by atoms with Crippen molar-refractivity contribution in [3.05, 3.63) is 5.89 Å². The number of alkyl halides is 1. The fourth-order valence-electron chi connectivity index (χ4n) is 2.29. The highest BCUT2D eigenvalue weighted by molar-refractivity contribution is 6.20. The second-order valence-corrected chi connectivity index (χ2v) is 5.06. The molecule has 0 spiro atoms. The Bertz CT molecular complexity index is 370. The van der Waals surface area contributed by atoms with Gasteiger partial charge in [0.25, 0.3) is 0 Å². The lowest BCUT2D eigenvalue weighted by Gasteiger charge is -2.30. The first kappa shape index (κ1) is 10.4. The van der Waals surface area contributed by atoms with E-state index in [9.17, 15) is 0 Å². The SMILES string of the molecule is CC(Cl)c1nnc(N2CC3CCC(C2)O3)o1. The van der Waals surface area contributed by atoms with Crippen molar-refractivity contribution in [2.45, 2.75) is 37.4 Å². The van der Waals surface area contributed by atoms with Gasteiger partial charge in [-0.1, -0.05) is 5.10 Å². The van der Waals surface area contributed by atoms with Gasteiger partial charge >= 0.3 is 6.01 Å². The first-order chi connectivity index (χ1) is 7.72. The van der Waals surface area contributed by atoms with Crippen molar-refractivity contribution >= 4 is 17.6 Å². The maximum atomic E-state index is 5.89. The summed E-state index contributed by atoms with van der Waals surface area (Å²) >= 11 is 5.89. The third kappa shape index (κ3) is 1.78. The molecule has 6 heteroatoms. The molecular weight excluding hydrogens is 230 g/mol. The van der Waals surface area contributed by atoms with E-state index in [0.29, 0.717) is 24.1 Å². The number of morpholine rings is 1. The van der Waals surface area contributed by atoms with Gasteiger partial charge in [0.05, 0.1) is 12.2 Å². The van der Waals surface area contributed by atoms with E-state index in [1.807, 2.05) is 6.92 Å². The van der Waals surface area contributed by atoms with Crippen LogP contribution in [0, 0.1) is 0 Å². The Morgan fingerprint density at radius 3 is 2.56 bits per heavy atom. The predicted molar refractivity (Wildman–Crippen MR) is 58.7 cm³/mol. The van der Waals surface area contributed by atoms with Crippen LogP contribution in [0.4, 0.5) is 6.01 Å². The Morgan fingerprint density at radius 1 is 1.31 bits per heavy atom. The number of anilines is 1. The molecule has 0 saturated carbocycles. The number of halogens is 1. The summed E-state index contributed by atoms with van der Waals surface area (Å²) in [5.41, 5.74) is 0. The molecule has 0 radical (unpaired) electrons. The standard InChI is InChI=1S/C10H14ClN3O2/c1-6(11)9-12-13-10(16-9)14-4-7-2-3-8(5-14)15-7/h6-8H,2-5H2,1H3. The predicted octanol–water partition coefficient (Wildman–Crippen LogP) is 1.74. The van der Waals surface area contributed by atoms with E-state index in [0.717, 1.165) is 25.9 Å². The van der Waals surface area contributed by atoms with Gasteiger partial charge in [0, 0.05) is 13.1 Å². The second kappa shape index (κ2) is 3.89. The van der Waals surface area contributed by atoms with E-state index in [1.54, 1.807) is 0 Å². The minimum Gasteiger partial charge on any atom is -0.406 e. The molecule has 5 nitrogen and oxygen atoms in total. The maximum absolute atomic E-state index is 5.89. The van der Waals surface area contributed by atoms with Gasteiger partial charge in [-0.05, 0) is 19.8 Å². The van der Waals surface area contributed by atoms with Crippen molar-refractivity contribution in [1.29, 1.82) is 0 Å². The van der Waals surface area contributed by atoms with Crippen molar-refractivity contribution < 1.29 is 9.15 Å². The van der Waals surface area contributed by atoms with Gasteiger partial charge < -0.3 is 14.1 Å². The van der Waals surface area contributed by atoms with Crippen molar-refractivity contribution in [3.8, 4) is 0 Å². The van der Waals surface area contributed by atoms with Crippen LogP contribution < -0.4 is 4.90 Å². The molecule has 3 heterocycles. The number of nitrogens with zero attached hydrogens (tertiary/aromatic N) is 3. The molecule has 2 bridgehead atoms. The summed E-state index contributed by atoms with van der Waals surface area (Å²) in [6.07, 6.45) is 2.91. The average molecular weight is 244 g/mol. The Morgan fingerprint density at radius 2 is 2.00 bits per heavy atom. The summed E-state index contributed by atoms with van der Waals surface area (Å²) in [6.45, 7) is 3.51. The molecule has 3 atom stereocenters. The molecule has 88 valence electrons. The van der Waals surface area contributed by atoms with Gasteiger partial charge in [0.2, 0.25) is 5.89 Å². The fourth-order valence-corrected chi connectivity index (χ4v) is 2.37. The van der Waals surface area contributed by atoms with Gasteiger partial charge in [-0.25, -0.2) is 0 Å². The highest BCUT2D eigenvalue weighted by Gasteiger charge is 2.35. The van der Waals surface area contributed by atoms with Gasteiger partial charge in [-0.2, -0.15) is 0 Å². The molecule has 3 unspecified atom stereocenters. The molecule has 16 heavy (non-hydrogen) atoms. The Kier molecular flexibility index (Phi) is 2.52. The number of hydrogen-bond acceptors (Lipinski definition) is 5. The second-order valence-electron chi connectivity index (χ2n) is 4.40. The van der Waals surface area contributed by atoms with Crippen LogP contribution in [0.15, 0.2) is 4.42 Å². The lowest BCUT2D eigenvalue weighted by atomic mass is 10.2. The average Bonchev–Trinajstić information content (AvgIpc) is 2.85. The Labute approximate surface area is 98.7 Å². The van der Waals surface area contributed by atoms with Crippen molar-refractivity contribution in [2.75, 3.05) is 18.0 Å². The molecular formula is C10H14ClN3O2. The van der Waals surface area contributed by atoms with Crippen molar-refractivity contribution in [1.82, 2.24) is 10.2 Å². The maximum Gasteiger partial charge on any atom is 0.318 e. The first-order valence-corrected chi connectivity index (χ1v) is 6.04. The van der Waals surface area contributed by atoms with E-state index in [1.165, 1.54) is 0 Å². The minimum absolute atomic E-state index is 0.237. The number of aromatic nitrogens is 2. The molecule has 2 saturated heterocycles. The van der Waals surface area contributed by atoms with Gasteiger partial charge in [0.1, 0.15) is 5.38 Å². The number of rotatable bonds is 2. The molecule has 1 aromatic heterocycles. The van der Waals surface area contributed by atoms with Crippen LogP contribution in [-0.4, -0.2) is 35.5 Å². The monoisotopic (exact) mass is 243 g/mol. The summed E-state index contributed by atoms with van der Waals surface area (Å²) < 4.78 is 11.3. The summed E-state index contributed by atoms with van der Waals surface area (Å²) in [5.74, 6) is 0.482. The van der Waals surface area contributed by atoms with Crippen LogP contribution in [0.5, 0.6) is 0 Å². The molecule has 0 amide bonds. The van der Waals surface area contributed by atoms with E-state index < -0.39 is 0 Å². The molecule has 3 rings (SSSR count). The third-order valence-corrected chi connectivity index (χ3v) is 3.27. The van der Waals surface area contributed by atoms with E-state index in [-0.39, 0.29) is 5.38 Å². The molecule has 0 aliphatic carbocycles. The highest BCUT2D eigenvalue weighted by atomic mass is 35.5. The van der Waals surface area contributed by atoms with Crippen LogP contribution in [-0.2, 0) is 4.74 Å². The largest absolute Gasteiger partial charge is 0.406 e. The van der Waals surface area contributed by atoms with E-state index in [4.69, 9.17) is 20.8 Å². The molecule has 0 N–H and O–H groups in total. The summed E-state index contributed by atoms with van der Waals surface area (Å²) in [7, 11) is 0. The van der Waals surface area contributed by atoms with Gasteiger partial charge in [0.15, 0.2) is 0 Å². The summed E-state index contributed by atoms with van der Waals surface area (Å²) in [4.78, 5) is 2.10. The topological polar surface area (TPSA) is 51.4 Å². The Hall–Kier alpha value is -0.810. The molecule has 2 aliphatic rings. The van der Waals surface area contributed by atoms with Crippen LogP contribution >= 0.6 is 11.6 Å². The lowest BCUT2D eigenvalue weighted by Crippen LogP contribution is -2.42. The molecule has 1 aromatic rings. The molecule has 2 aliphatic heterocycles. The van der Waals surface area contributed by atoms with Crippen LogP contribution in [0.25, 0.3) is 0 Å². The number of fused-ring (bicyclic) bond motifs is 2. The van der Waals surface area contributed by atoms with Gasteiger partial charge in [-0.15, -0.1) is 16.7 Å². The zero-order valence-electron chi connectivity index (χ0n) is 9.10. The number of ether oxygens (including phenoxy) is 1. The molecule has 0 aromatic carbocycles. The van der Waals surface area contributed by atoms with Gasteiger partial charge in [-0.3, -0.25) is 0 Å². The smallest absolute Gasteiger partial charge is 0.318 e. The summed E-state index contributed by atoms with van der Waals surface area (Å²) in [6, 6.07) is 0.572. The minimum atomic E-state index is -0.237. The summed E-state index contributed by atoms with van der Waals surface area (Å²) in [5, 5.41) is 7.72. The zero-order chi connectivity index (χ0) is 11.1. The van der Waals surface area contributed by atoms with Crippen molar-refractivity contribution in [2.24, 2.45) is 0 Å². The third-order valence-electron chi connectivity index (χ3n) is 3.08. The van der Waals surface area contributed by atoms with Crippen LogP contribution in [0.1, 0.15) is 31.0 Å². The lowest BCUT2D eigenvalue weighted by molar-refractivity contribution is 0.0287. The Balaban J connectivity index is 1.76.